The number of hydrogen-bond acceptors (Lipinski definition) is 2. The van der Waals surface area contributed by atoms with E-state index in [1.165, 1.54) is 0 Å². The highest BCUT2D eigenvalue weighted by Gasteiger charge is 2.02. The third-order valence-electron chi connectivity index (χ3n) is 2.56. The lowest BCUT2D eigenvalue weighted by Crippen LogP contribution is -1.96. The van der Waals surface area contributed by atoms with Crippen LogP contribution in [0.15, 0.2) is 24.3 Å². The topological polar surface area (TPSA) is 74.6 Å². The van der Waals surface area contributed by atoms with Gasteiger partial charge in [0, 0.05) is 6.42 Å². The number of benzene rings is 1. The van der Waals surface area contributed by atoms with Crippen molar-refractivity contribution >= 4 is 11.9 Å². The molecule has 0 bridgehead atoms. The summed E-state index contributed by atoms with van der Waals surface area (Å²) in [7, 11) is 0. The molecule has 0 spiro atoms. The van der Waals surface area contributed by atoms with Crippen molar-refractivity contribution < 1.29 is 19.8 Å². The van der Waals surface area contributed by atoms with Gasteiger partial charge in [-0.1, -0.05) is 18.6 Å². The van der Waals surface area contributed by atoms with Crippen LogP contribution < -0.4 is 0 Å². The molecule has 4 nitrogen and oxygen atoms in total. The predicted molar refractivity (Wildman–Crippen MR) is 63.2 cm³/mol. The van der Waals surface area contributed by atoms with Crippen LogP contribution in [-0.4, -0.2) is 22.2 Å². The second-order valence-electron chi connectivity index (χ2n) is 3.96. The van der Waals surface area contributed by atoms with Crippen LogP contribution in [0.2, 0.25) is 0 Å². The van der Waals surface area contributed by atoms with Gasteiger partial charge in [0.2, 0.25) is 0 Å². The van der Waals surface area contributed by atoms with E-state index in [9.17, 15) is 9.59 Å². The first-order valence-corrected chi connectivity index (χ1v) is 5.63. The van der Waals surface area contributed by atoms with E-state index in [1.807, 2.05) is 0 Å². The Bertz CT molecular complexity index is 381. The Morgan fingerprint density at radius 1 is 0.941 bits per heavy atom. The van der Waals surface area contributed by atoms with Crippen LogP contribution in [0.1, 0.15) is 41.6 Å². The largest absolute Gasteiger partial charge is 0.481 e. The molecule has 92 valence electrons. The molecule has 17 heavy (non-hydrogen) atoms. The lowest BCUT2D eigenvalue weighted by Gasteiger charge is -2.01. The molecule has 1 aromatic rings. The molecule has 0 aliphatic heterocycles. The summed E-state index contributed by atoms with van der Waals surface area (Å²) in [5.41, 5.74) is 1.38. The summed E-state index contributed by atoms with van der Waals surface area (Å²) in [5, 5.41) is 17.2. The molecule has 0 radical (unpaired) electrons. The molecule has 1 aromatic carbocycles. The number of unbranched alkanes of at least 4 members (excludes halogenated alkanes) is 2. The summed E-state index contributed by atoms with van der Waals surface area (Å²) in [6.45, 7) is 0. The Balaban J connectivity index is 2.27. The molecule has 0 heterocycles. The molecular formula is C13H16O4. The molecule has 1 rings (SSSR count). The Hall–Kier alpha value is -1.84. The number of aromatic carboxylic acids is 1. The second kappa shape index (κ2) is 6.68. The number of carboxylic acids is 2. The van der Waals surface area contributed by atoms with Gasteiger partial charge in [-0.05, 0) is 37.0 Å². The first kappa shape index (κ1) is 13.2. The van der Waals surface area contributed by atoms with E-state index in [-0.39, 0.29) is 6.42 Å². The number of aryl methyl sites for hydroxylation is 1. The third kappa shape index (κ3) is 5.15. The Morgan fingerprint density at radius 2 is 1.59 bits per heavy atom. The minimum atomic E-state index is -0.919. The average molecular weight is 236 g/mol. The summed E-state index contributed by atoms with van der Waals surface area (Å²) >= 11 is 0. The number of carboxylic acid groups (broad SMARTS) is 2. The standard InChI is InChI=1S/C13H16O4/c14-12(15)5-3-1-2-4-10-6-8-11(9-7-10)13(16)17/h6-9H,1-5H2,(H,14,15)(H,16,17). The van der Waals surface area contributed by atoms with Crippen molar-refractivity contribution in [1.29, 1.82) is 0 Å². The molecule has 2 N–H and O–H groups in total. The van der Waals surface area contributed by atoms with Gasteiger partial charge in [-0.25, -0.2) is 4.79 Å². The number of hydrogen-bond donors (Lipinski definition) is 2. The van der Waals surface area contributed by atoms with Gasteiger partial charge < -0.3 is 10.2 Å². The van der Waals surface area contributed by atoms with Gasteiger partial charge in [0.05, 0.1) is 5.56 Å². The monoisotopic (exact) mass is 236 g/mol. The van der Waals surface area contributed by atoms with E-state index >= 15 is 0 Å². The highest BCUT2D eigenvalue weighted by Crippen LogP contribution is 2.09. The minimum absolute atomic E-state index is 0.220. The fourth-order valence-electron chi connectivity index (χ4n) is 1.60. The fraction of sp³-hybridized carbons (Fsp3) is 0.385. The number of rotatable bonds is 7. The molecule has 4 heteroatoms. The number of carbonyl (C=O) groups is 2. The summed E-state index contributed by atoms with van der Waals surface area (Å²) in [5.74, 6) is -1.67. The van der Waals surface area contributed by atoms with Crippen molar-refractivity contribution in [2.24, 2.45) is 0 Å². The molecule has 0 saturated carbocycles. The van der Waals surface area contributed by atoms with Gasteiger partial charge in [0.1, 0.15) is 0 Å². The molecule has 0 aliphatic rings. The maximum absolute atomic E-state index is 10.6. The van der Waals surface area contributed by atoms with E-state index in [4.69, 9.17) is 10.2 Å². The number of aliphatic carboxylic acids is 1. The smallest absolute Gasteiger partial charge is 0.335 e. The van der Waals surface area contributed by atoms with Gasteiger partial charge >= 0.3 is 11.9 Å². The molecule has 0 unspecified atom stereocenters. The summed E-state index contributed by atoms with van der Waals surface area (Å²) in [6.07, 6.45) is 3.59. The van der Waals surface area contributed by atoms with Crippen LogP contribution in [0.5, 0.6) is 0 Å². The van der Waals surface area contributed by atoms with Crippen molar-refractivity contribution in [3.63, 3.8) is 0 Å². The average Bonchev–Trinajstić information content (AvgIpc) is 2.29. The maximum atomic E-state index is 10.6. The lowest BCUT2D eigenvalue weighted by atomic mass is 10.0. The molecule has 0 amide bonds. The Morgan fingerprint density at radius 3 is 2.12 bits per heavy atom. The van der Waals surface area contributed by atoms with Crippen LogP contribution in [0.4, 0.5) is 0 Å². The van der Waals surface area contributed by atoms with Crippen molar-refractivity contribution in [3.05, 3.63) is 35.4 Å². The van der Waals surface area contributed by atoms with Gasteiger partial charge in [0.25, 0.3) is 0 Å². The van der Waals surface area contributed by atoms with Gasteiger partial charge in [-0.2, -0.15) is 0 Å². The zero-order valence-electron chi connectivity index (χ0n) is 9.56. The van der Waals surface area contributed by atoms with E-state index in [1.54, 1.807) is 24.3 Å². The first-order valence-electron chi connectivity index (χ1n) is 5.63. The molecule has 0 aliphatic carbocycles. The van der Waals surface area contributed by atoms with Gasteiger partial charge in [-0.3, -0.25) is 4.79 Å². The van der Waals surface area contributed by atoms with E-state index < -0.39 is 11.9 Å². The van der Waals surface area contributed by atoms with Crippen LogP contribution in [0.3, 0.4) is 0 Å². The molecular weight excluding hydrogens is 220 g/mol. The summed E-state index contributed by atoms with van der Waals surface area (Å²) in [4.78, 5) is 20.9. The van der Waals surface area contributed by atoms with Crippen LogP contribution in [0, 0.1) is 0 Å². The minimum Gasteiger partial charge on any atom is -0.481 e. The first-order chi connectivity index (χ1) is 8.09. The van der Waals surface area contributed by atoms with Crippen LogP contribution in [-0.2, 0) is 11.2 Å². The lowest BCUT2D eigenvalue weighted by molar-refractivity contribution is -0.137. The zero-order valence-corrected chi connectivity index (χ0v) is 9.56. The van der Waals surface area contributed by atoms with E-state index in [0.29, 0.717) is 12.0 Å². The quantitative estimate of drug-likeness (QED) is 0.713. The highest BCUT2D eigenvalue weighted by molar-refractivity contribution is 5.87. The van der Waals surface area contributed by atoms with Crippen molar-refractivity contribution in [2.75, 3.05) is 0 Å². The molecule has 0 fully saturated rings. The highest BCUT2D eigenvalue weighted by atomic mass is 16.4. The fourth-order valence-corrected chi connectivity index (χ4v) is 1.60. The van der Waals surface area contributed by atoms with Crippen LogP contribution >= 0.6 is 0 Å². The second-order valence-corrected chi connectivity index (χ2v) is 3.96. The van der Waals surface area contributed by atoms with Gasteiger partial charge in [-0.15, -0.1) is 0 Å². The third-order valence-corrected chi connectivity index (χ3v) is 2.56. The summed E-state index contributed by atoms with van der Waals surface area (Å²) < 4.78 is 0. The normalized spacial score (nSPS) is 10.1. The van der Waals surface area contributed by atoms with E-state index in [2.05, 4.69) is 0 Å². The zero-order chi connectivity index (χ0) is 12.7. The van der Waals surface area contributed by atoms with Gasteiger partial charge in [0.15, 0.2) is 0 Å². The summed E-state index contributed by atoms with van der Waals surface area (Å²) in [6, 6.07) is 6.80. The van der Waals surface area contributed by atoms with Crippen LogP contribution in [0.25, 0.3) is 0 Å². The SMILES string of the molecule is O=C(O)CCCCCc1ccc(C(=O)O)cc1. The Labute approximate surface area is 99.9 Å². The van der Waals surface area contributed by atoms with E-state index in [0.717, 1.165) is 24.8 Å². The maximum Gasteiger partial charge on any atom is 0.335 e. The molecule has 0 aromatic heterocycles. The van der Waals surface area contributed by atoms with Crippen molar-refractivity contribution in [2.45, 2.75) is 32.1 Å². The van der Waals surface area contributed by atoms with Crippen molar-refractivity contribution in [3.8, 4) is 0 Å². The Kier molecular flexibility index (Phi) is 5.20. The molecule has 0 atom stereocenters. The molecule has 0 saturated heterocycles. The predicted octanol–water partition coefficient (Wildman–Crippen LogP) is 2.57. The van der Waals surface area contributed by atoms with Crippen molar-refractivity contribution in [1.82, 2.24) is 0 Å².